The molecule has 0 fully saturated rings. The van der Waals surface area contributed by atoms with E-state index in [1.807, 2.05) is 18.2 Å². The van der Waals surface area contributed by atoms with Crippen molar-refractivity contribution in [3.63, 3.8) is 0 Å². The lowest BCUT2D eigenvalue weighted by atomic mass is 10.1. The minimum Gasteiger partial charge on any atom is -0.369 e. The molecule has 0 aliphatic heterocycles. The molecule has 0 amide bonds. The van der Waals surface area contributed by atoms with Crippen LogP contribution in [0, 0.1) is 0 Å². The zero-order valence-electron chi connectivity index (χ0n) is 12.9. The third-order valence-electron chi connectivity index (χ3n) is 3.51. The number of carbonyl (C=O) groups is 1. The maximum atomic E-state index is 12.0. The highest BCUT2D eigenvalue weighted by Crippen LogP contribution is 2.08. The zero-order chi connectivity index (χ0) is 16.9. The Morgan fingerprint density at radius 2 is 2.08 bits per heavy atom. The summed E-state index contributed by atoms with van der Waals surface area (Å²) in [6, 6.07) is 9.16. The van der Waals surface area contributed by atoms with Crippen molar-refractivity contribution >= 4 is 22.9 Å². The van der Waals surface area contributed by atoms with Crippen LogP contribution in [0.25, 0.3) is 11.2 Å². The Bertz CT molecular complexity index is 901. The highest BCUT2D eigenvalue weighted by Gasteiger charge is 2.09. The van der Waals surface area contributed by atoms with Gasteiger partial charge in [0, 0.05) is 18.6 Å². The number of hydrogen-bond donors (Lipinski definition) is 2. The average Bonchev–Trinajstić information content (AvgIpc) is 2.98. The first-order chi connectivity index (χ1) is 11.6. The Labute approximate surface area is 137 Å². The number of ketones is 1. The van der Waals surface area contributed by atoms with Gasteiger partial charge in [0.2, 0.25) is 5.95 Å². The lowest BCUT2D eigenvalue weighted by Crippen LogP contribution is -2.13. The van der Waals surface area contributed by atoms with Gasteiger partial charge in [-0.15, -0.1) is 0 Å². The summed E-state index contributed by atoms with van der Waals surface area (Å²) in [4.78, 5) is 34.1. The molecule has 0 bridgehead atoms. The van der Waals surface area contributed by atoms with Gasteiger partial charge in [-0.2, -0.15) is 4.98 Å². The summed E-state index contributed by atoms with van der Waals surface area (Å²) < 4.78 is 7.13. The van der Waals surface area contributed by atoms with E-state index in [1.54, 1.807) is 16.7 Å². The van der Waals surface area contributed by atoms with Crippen LogP contribution in [-0.4, -0.2) is 31.9 Å². The number of carbonyl (C=O) groups excluding carboxylic acids is 1. The van der Waals surface area contributed by atoms with E-state index in [0.717, 1.165) is 0 Å². The highest BCUT2D eigenvalue weighted by atomic mass is 16.5. The third-order valence-corrected chi connectivity index (χ3v) is 3.51. The predicted octanol–water partition coefficient (Wildman–Crippen LogP) is 1.34. The van der Waals surface area contributed by atoms with Gasteiger partial charge in [-0.05, 0) is 6.42 Å². The molecule has 0 saturated heterocycles. The van der Waals surface area contributed by atoms with Crippen LogP contribution in [0.4, 0.5) is 5.95 Å². The molecule has 0 spiro atoms. The molecule has 0 radical (unpaired) electrons. The molecule has 0 aliphatic carbocycles. The molecular weight excluding hydrogens is 310 g/mol. The summed E-state index contributed by atoms with van der Waals surface area (Å²) in [5.74, 6) is 0.121. The van der Waals surface area contributed by atoms with Crippen LogP contribution in [0.2, 0.25) is 0 Å². The number of nitrogens with zero attached hydrogens (tertiary/aromatic N) is 3. The average molecular weight is 327 g/mol. The van der Waals surface area contributed by atoms with Crippen LogP contribution in [0.3, 0.4) is 0 Å². The number of rotatable bonds is 7. The Balaban J connectivity index is 1.51. The third kappa shape index (κ3) is 3.49. The monoisotopic (exact) mass is 327 g/mol. The largest absolute Gasteiger partial charge is 0.369 e. The molecule has 8 heteroatoms. The number of anilines is 1. The summed E-state index contributed by atoms with van der Waals surface area (Å²) in [6.07, 6.45) is 2.50. The van der Waals surface area contributed by atoms with Crippen molar-refractivity contribution in [2.45, 2.75) is 19.6 Å². The quantitative estimate of drug-likeness (QED) is 0.500. The number of nitrogens with two attached hydrogens (primary N) is 1. The van der Waals surface area contributed by atoms with Gasteiger partial charge in [0.15, 0.2) is 16.9 Å². The Morgan fingerprint density at radius 1 is 1.29 bits per heavy atom. The number of aromatic amines is 1. The van der Waals surface area contributed by atoms with Gasteiger partial charge in [0.05, 0.1) is 6.33 Å². The number of Topliss-reactive ketones (excluding diaryl/α,β-unsaturated/α-hetero) is 1. The molecule has 8 nitrogen and oxygen atoms in total. The minimum absolute atomic E-state index is 0.0303. The maximum Gasteiger partial charge on any atom is 0.280 e. The summed E-state index contributed by atoms with van der Waals surface area (Å²) in [5.41, 5.74) is 6.44. The van der Waals surface area contributed by atoms with E-state index < -0.39 is 0 Å². The molecule has 1 aromatic carbocycles. The normalized spacial score (nSPS) is 11.0. The second kappa shape index (κ2) is 7.05. The fourth-order valence-corrected chi connectivity index (χ4v) is 2.33. The van der Waals surface area contributed by atoms with E-state index in [0.29, 0.717) is 30.7 Å². The zero-order valence-corrected chi connectivity index (χ0v) is 12.9. The van der Waals surface area contributed by atoms with Crippen molar-refractivity contribution in [3.05, 3.63) is 52.6 Å². The number of fused-ring (bicyclic) bond motifs is 1. The predicted molar refractivity (Wildman–Crippen MR) is 88.5 cm³/mol. The number of H-pyrrole nitrogens is 1. The van der Waals surface area contributed by atoms with Crippen LogP contribution in [0.5, 0.6) is 0 Å². The lowest BCUT2D eigenvalue weighted by molar-refractivity contribution is 0.0725. The van der Waals surface area contributed by atoms with Gasteiger partial charge in [0.25, 0.3) is 5.56 Å². The van der Waals surface area contributed by atoms with Gasteiger partial charge in [-0.3, -0.25) is 19.1 Å². The fourth-order valence-electron chi connectivity index (χ4n) is 2.33. The molecule has 0 saturated carbocycles. The number of aromatic nitrogens is 4. The number of benzene rings is 1. The Hall–Kier alpha value is -3.00. The fraction of sp³-hybridized carbons (Fsp3) is 0.250. The summed E-state index contributed by atoms with van der Waals surface area (Å²) in [6.45, 7) is 0.600. The molecule has 2 heterocycles. The molecule has 0 atom stereocenters. The maximum absolute atomic E-state index is 12.0. The van der Waals surface area contributed by atoms with Crippen molar-refractivity contribution in [1.29, 1.82) is 0 Å². The smallest absolute Gasteiger partial charge is 0.280 e. The molecule has 0 aliphatic rings. The van der Waals surface area contributed by atoms with Crippen LogP contribution in [-0.2, 0) is 11.5 Å². The molecule has 24 heavy (non-hydrogen) atoms. The molecule has 124 valence electrons. The van der Waals surface area contributed by atoms with E-state index in [9.17, 15) is 9.59 Å². The first-order valence-electron chi connectivity index (χ1n) is 7.52. The van der Waals surface area contributed by atoms with E-state index in [2.05, 4.69) is 15.0 Å². The number of ether oxygens (including phenoxy) is 1. The molecule has 0 unspecified atom stereocenters. The van der Waals surface area contributed by atoms with Crippen molar-refractivity contribution in [3.8, 4) is 0 Å². The van der Waals surface area contributed by atoms with Crippen LogP contribution in [0.1, 0.15) is 23.2 Å². The van der Waals surface area contributed by atoms with Gasteiger partial charge in [-0.1, -0.05) is 30.3 Å². The molecule has 3 N–H and O–H groups in total. The standard InChI is InChI=1S/C16H17N5O3/c17-16-19-14-13(15(23)20-16)18-9-21(14)10-24-8-4-7-12(22)11-5-2-1-3-6-11/h1-3,5-6,9H,4,7-8,10H2,(H3,17,19,20,23). The SMILES string of the molecule is Nc1nc2c(ncn2COCCCC(=O)c2ccccc2)c(=O)[nH]1. The van der Waals surface area contributed by atoms with Gasteiger partial charge in [0.1, 0.15) is 6.73 Å². The van der Waals surface area contributed by atoms with E-state index in [1.165, 1.54) is 6.33 Å². The van der Waals surface area contributed by atoms with Crippen molar-refractivity contribution in [2.24, 2.45) is 0 Å². The van der Waals surface area contributed by atoms with Crippen LogP contribution < -0.4 is 11.3 Å². The molecule has 3 aromatic rings. The summed E-state index contributed by atoms with van der Waals surface area (Å²) in [5, 5.41) is 0. The number of nitrogens with one attached hydrogen (secondary N) is 1. The van der Waals surface area contributed by atoms with E-state index in [4.69, 9.17) is 10.5 Å². The number of imidazole rings is 1. The molecule has 2 aromatic heterocycles. The summed E-state index contributed by atoms with van der Waals surface area (Å²) >= 11 is 0. The van der Waals surface area contributed by atoms with Gasteiger partial charge in [-0.25, -0.2) is 4.98 Å². The van der Waals surface area contributed by atoms with Gasteiger partial charge < -0.3 is 10.5 Å². The van der Waals surface area contributed by atoms with E-state index in [-0.39, 0.29) is 29.5 Å². The minimum atomic E-state index is -0.385. The Morgan fingerprint density at radius 3 is 2.88 bits per heavy atom. The second-order valence-corrected chi connectivity index (χ2v) is 5.27. The highest BCUT2D eigenvalue weighted by molar-refractivity contribution is 5.95. The van der Waals surface area contributed by atoms with Crippen LogP contribution in [0.15, 0.2) is 41.5 Å². The van der Waals surface area contributed by atoms with Crippen molar-refractivity contribution in [1.82, 2.24) is 19.5 Å². The van der Waals surface area contributed by atoms with Crippen molar-refractivity contribution < 1.29 is 9.53 Å². The second-order valence-electron chi connectivity index (χ2n) is 5.27. The number of hydrogen-bond acceptors (Lipinski definition) is 6. The first kappa shape index (κ1) is 15.9. The summed E-state index contributed by atoms with van der Waals surface area (Å²) in [7, 11) is 0. The molecule has 3 rings (SSSR count). The lowest BCUT2D eigenvalue weighted by Gasteiger charge is -2.06. The van der Waals surface area contributed by atoms with Gasteiger partial charge >= 0.3 is 0 Å². The van der Waals surface area contributed by atoms with Crippen LogP contribution >= 0.6 is 0 Å². The van der Waals surface area contributed by atoms with E-state index >= 15 is 0 Å². The molecular formula is C16H17N5O3. The Kier molecular flexibility index (Phi) is 4.66. The number of nitrogen functional groups attached to an aromatic ring is 1. The van der Waals surface area contributed by atoms with Crippen molar-refractivity contribution in [2.75, 3.05) is 12.3 Å². The topological polar surface area (TPSA) is 116 Å². The first-order valence-corrected chi connectivity index (χ1v) is 7.52.